The maximum Gasteiger partial charge on any atom is 0.170 e. The van der Waals surface area contributed by atoms with Crippen LogP contribution >= 0.6 is 0 Å². The number of hydrogen-bond donors (Lipinski definition) is 0. The molecule has 0 aromatic rings. The van der Waals surface area contributed by atoms with E-state index in [1.54, 1.807) is 0 Å². The molecule has 0 amide bonds. The Morgan fingerprint density at radius 1 is 0.846 bits per heavy atom. The molecule has 0 spiro atoms. The van der Waals surface area contributed by atoms with E-state index >= 15 is 0 Å². The van der Waals surface area contributed by atoms with Crippen LogP contribution in [-0.4, -0.2) is 32.2 Å². The van der Waals surface area contributed by atoms with Crippen LogP contribution in [-0.2, 0) is 14.2 Å². The van der Waals surface area contributed by atoms with Crippen LogP contribution in [0.4, 0.5) is 0 Å². The van der Waals surface area contributed by atoms with E-state index in [1.165, 1.54) is 44.9 Å². The van der Waals surface area contributed by atoms with Gasteiger partial charge >= 0.3 is 0 Å². The number of unbranched alkanes of at least 4 members (excludes halogenated alkanes) is 5. The molecule has 1 fully saturated rings. The SMILES string of the molecule is CCCCCCCCC(CC1(C)COC1)C(CC)(OCCC)OCCC. The Kier molecular flexibility index (Phi) is 12.1. The van der Waals surface area contributed by atoms with Crippen LogP contribution in [0.2, 0.25) is 0 Å². The summed E-state index contributed by atoms with van der Waals surface area (Å²) in [6.45, 7) is 14.6. The van der Waals surface area contributed by atoms with E-state index in [-0.39, 0.29) is 0 Å². The van der Waals surface area contributed by atoms with Crippen molar-refractivity contribution in [3.05, 3.63) is 0 Å². The maximum absolute atomic E-state index is 6.44. The Morgan fingerprint density at radius 2 is 1.42 bits per heavy atom. The zero-order valence-electron chi connectivity index (χ0n) is 18.4. The Labute approximate surface area is 163 Å². The lowest BCUT2D eigenvalue weighted by Gasteiger charge is -2.47. The number of ether oxygens (including phenoxy) is 3. The van der Waals surface area contributed by atoms with E-state index in [4.69, 9.17) is 14.2 Å². The summed E-state index contributed by atoms with van der Waals surface area (Å²) >= 11 is 0. The Bertz CT molecular complexity index is 330. The van der Waals surface area contributed by atoms with Crippen molar-refractivity contribution in [2.24, 2.45) is 11.3 Å². The first-order valence-electron chi connectivity index (χ1n) is 11.4. The molecule has 1 rings (SSSR count). The molecule has 0 aromatic heterocycles. The van der Waals surface area contributed by atoms with Crippen molar-refractivity contribution < 1.29 is 14.2 Å². The fraction of sp³-hybridized carbons (Fsp3) is 1.00. The molecule has 156 valence electrons. The minimum absolute atomic E-state index is 0.304. The predicted molar refractivity (Wildman–Crippen MR) is 111 cm³/mol. The summed E-state index contributed by atoms with van der Waals surface area (Å²) in [5.74, 6) is 0.0549. The highest BCUT2D eigenvalue weighted by Crippen LogP contribution is 2.43. The second-order valence-corrected chi connectivity index (χ2v) is 8.62. The molecule has 0 saturated carbocycles. The minimum atomic E-state index is -0.409. The molecule has 1 aliphatic rings. The second-order valence-electron chi connectivity index (χ2n) is 8.62. The molecule has 3 nitrogen and oxygen atoms in total. The lowest BCUT2D eigenvalue weighted by atomic mass is 9.74. The van der Waals surface area contributed by atoms with Crippen molar-refractivity contribution in [3.63, 3.8) is 0 Å². The molecule has 1 heterocycles. The van der Waals surface area contributed by atoms with Gasteiger partial charge in [-0.1, -0.05) is 73.1 Å². The highest BCUT2D eigenvalue weighted by molar-refractivity contribution is 4.89. The highest BCUT2D eigenvalue weighted by atomic mass is 16.7. The molecule has 0 N–H and O–H groups in total. The van der Waals surface area contributed by atoms with Crippen LogP contribution in [0.3, 0.4) is 0 Å². The van der Waals surface area contributed by atoms with Crippen molar-refractivity contribution in [3.8, 4) is 0 Å². The average molecular weight is 371 g/mol. The summed E-state index contributed by atoms with van der Waals surface area (Å²) < 4.78 is 18.4. The summed E-state index contributed by atoms with van der Waals surface area (Å²) in [6, 6.07) is 0. The van der Waals surface area contributed by atoms with Crippen LogP contribution in [0.25, 0.3) is 0 Å². The van der Waals surface area contributed by atoms with Gasteiger partial charge < -0.3 is 14.2 Å². The molecule has 1 atom stereocenters. The third kappa shape index (κ3) is 7.86. The maximum atomic E-state index is 6.44. The molecular weight excluding hydrogens is 324 g/mol. The average Bonchev–Trinajstić information content (AvgIpc) is 2.63. The van der Waals surface area contributed by atoms with Gasteiger partial charge in [-0.3, -0.25) is 0 Å². The second kappa shape index (κ2) is 13.1. The molecule has 0 bridgehead atoms. The quantitative estimate of drug-likeness (QED) is 0.210. The van der Waals surface area contributed by atoms with Gasteiger partial charge in [0, 0.05) is 24.5 Å². The Balaban J connectivity index is 2.74. The van der Waals surface area contributed by atoms with Crippen LogP contribution in [0, 0.1) is 11.3 Å². The number of hydrogen-bond acceptors (Lipinski definition) is 3. The largest absolute Gasteiger partial charge is 0.380 e. The zero-order chi connectivity index (χ0) is 19.3. The van der Waals surface area contributed by atoms with E-state index < -0.39 is 5.79 Å². The molecule has 1 unspecified atom stereocenters. The summed E-state index contributed by atoms with van der Waals surface area (Å²) in [4.78, 5) is 0. The smallest absolute Gasteiger partial charge is 0.170 e. The van der Waals surface area contributed by atoms with Crippen molar-refractivity contribution in [1.82, 2.24) is 0 Å². The molecular formula is C23H46O3. The van der Waals surface area contributed by atoms with Crippen molar-refractivity contribution in [2.75, 3.05) is 26.4 Å². The van der Waals surface area contributed by atoms with Gasteiger partial charge in [0.05, 0.1) is 13.2 Å². The van der Waals surface area contributed by atoms with Crippen molar-refractivity contribution >= 4 is 0 Å². The third-order valence-electron chi connectivity index (χ3n) is 5.76. The molecule has 0 aliphatic carbocycles. The monoisotopic (exact) mass is 370 g/mol. The lowest BCUT2D eigenvalue weighted by molar-refractivity contribution is -0.280. The Morgan fingerprint density at radius 3 is 1.88 bits per heavy atom. The van der Waals surface area contributed by atoms with Crippen molar-refractivity contribution in [1.29, 1.82) is 0 Å². The first-order chi connectivity index (χ1) is 12.6. The first kappa shape index (κ1) is 23.9. The molecule has 26 heavy (non-hydrogen) atoms. The van der Waals surface area contributed by atoms with Crippen LogP contribution in [0.15, 0.2) is 0 Å². The Hall–Kier alpha value is -0.120. The molecule has 1 aliphatic heterocycles. The third-order valence-corrected chi connectivity index (χ3v) is 5.76. The normalized spacial score (nSPS) is 17.9. The summed E-state index contributed by atoms with van der Waals surface area (Å²) in [7, 11) is 0. The molecule has 0 radical (unpaired) electrons. The van der Waals surface area contributed by atoms with Crippen LogP contribution in [0.5, 0.6) is 0 Å². The van der Waals surface area contributed by atoms with Crippen molar-refractivity contribution in [2.45, 2.75) is 111 Å². The molecule has 1 saturated heterocycles. The van der Waals surface area contributed by atoms with E-state index in [0.717, 1.165) is 52.1 Å². The molecule has 0 aromatic carbocycles. The fourth-order valence-electron chi connectivity index (χ4n) is 4.13. The van der Waals surface area contributed by atoms with Gasteiger partial charge in [0.1, 0.15) is 0 Å². The predicted octanol–water partition coefficient (Wildman–Crippen LogP) is 6.74. The van der Waals surface area contributed by atoms with E-state index in [2.05, 4.69) is 34.6 Å². The van der Waals surface area contributed by atoms with Gasteiger partial charge in [-0.05, 0) is 32.1 Å². The van der Waals surface area contributed by atoms with Gasteiger partial charge in [0.2, 0.25) is 0 Å². The van der Waals surface area contributed by atoms with Gasteiger partial charge in [-0.2, -0.15) is 0 Å². The highest BCUT2D eigenvalue weighted by Gasteiger charge is 2.45. The van der Waals surface area contributed by atoms with Crippen LogP contribution < -0.4 is 0 Å². The van der Waals surface area contributed by atoms with E-state index in [1.807, 2.05) is 0 Å². The summed E-state index contributed by atoms with van der Waals surface area (Å²) in [5.41, 5.74) is 0.304. The number of rotatable bonds is 17. The van der Waals surface area contributed by atoms with Gasteiger partial charge in [0.15, 0.2) is 5.79 Å². The zero-order valence-corrected chi connectivity index (χ0v) is 18.4. The van der Waals surface area contributed by atoms with Gasteiger partial charge in [-0.15, -0.1) is 0 Å². The lowest BCUT2D eigenvalue weighted by Crippen LogP contribution is -2.49. The van der Waals surface area contributed by atoms with E-state index in [9.17, 15) is 0 Å². The molecule has 3 heteroatoms. The van der Waals surface area contributed by atoms with Gasteiger partial charge in [-0.25, -0.2) is 0 Å². The minimum Gasteiger partial charge on any atom is -0.380 e. The summed E-state index contributed by atoms with van der Waals surface area (Å²) in [6.07, 6.45) is 13.4. The van der Waals surface area contributed by atoms with Crippen LogP contribution in [0.1, 0.15) is 105 Å². The standard InChI is InChI=1S/C23H46O3/c1-6-10-11-12-13-14-15-21(18-22(5)19-24-20-22)23(9-4,25-16-7-2)26-17-8-3/h21H,6-20H2,1-5H3. The summed E-state index contributed by atoms with van der Waals surface area (Å²) in [5, 5.41) is 0. The van der Waals surface area contributed by atoms with Gasteiger partial charge in [0.25, 0.3) is 0 Å². The van der Waals surface area contributed by atoms with E-state index in [0.29, 0.717) is 11.3 Å². The topological polar surface area (TPSA) is 27.7 Å². The first-order valence-corrected chi connectivity index (χ1v) is 11.4. The fourth-order valence-corrected chi connectivity index (χ4v) is 4.13.